The van der Waals surface area contributed by atoms with E-state index in [-0.39, 0.29) is 0 Å². The first-order valence-electron chi connectivity index (χ1n) is 8.80. The van der Waals surface area contributed by atoms with Gasteiger partial charge in [0, 0.05) is 42.7 Å². The van der Waals surface area contributed by atoms with Gasteiger partial charge in [0.1, 0.15) is 16.6 Å². The van der Waals surface area contributed by atoms with E-state index in [2.05, 4.69) is 10.3 Å². The molecule has 29 heavy (non-hydrogen) atoms. The molecule has 0 saturated heterocycles. The first-order valence-corrected chi connectivity index (χ1v) is 9.99. The summed E-state index contributed by atoms with van der Waals surface area (Å²) >= 11 is 7.54. The highest BCUT2D eigenvalue weighted by Gasteiger charge is 2.23. The third-order valence-corrected chi connectivity index (χ3v) is 5.40. The number of halogens is 1. The number of benzene rings is 2. The predicted molar refractivity (Wildman–Crippen MR) is 116 cm³/mol. The van der Waals surface area contributed by atoms with Crippen LogP contribution in [0.3, 0.4) is 0 Å². The fourth-order valence-electron chi connectivity index (χ4n) is 2.45. The third-order valence-electron chi connectivity index (χ3n) is 4.22. The number of rotatable bonds is 8. The fraction of sp³-hybridized carbons (Fsp3) is 0.238. The summed E-state index contributed by atoms with van der Waals surface area (Å²) in [6.45, 7) is 1.77. The molecule has 0 spiro atoms. The summed E-state index contributed by atoms with van der Waals surface area (Å²) in [6.07, 6.45) is 0. The number of anilines is 1. The van der Waals surface area contributed by atoms with Crippen LogP contribution in [-0.4, -0.2) is 37.2 Å². The monoisotopic (exact) mass is 431 g/mol. The second-order valence-electron chi connectivity index (χ2n) is 6.18. The normalized spacial score (nSPS) is 11.3. The lowest BCUT2D eigenvalue weighted by atomic mass is 10.2. The molecule has 0 amide bonds. The van der Waals surface area contributed by atoms with Crippen LogP contribution < -0.4 is 10.1 Å². The third kappa shape index (κ3) is 5.61. The molecular weight excluding hydrogens is 410 g/mol. The van der Waals surface area contributed by atoms with Gasteiger partial charge in [-0.25, -0.2) is 9.97 Å². The molecule has 0 aliphatic rings. The molecule has 8 heteroatoms. The maximum atomic E-state index is 6.02. The molecule has 1 N–H and O–H groups in total. The van der Waals surface area contributed by atoms with E-state index in [0.717, 1.165) is 21.2 Å². The van der Waals surface area contributed by atoms with Gasteiger partial charge in [-0.05, 0) is 48.5 Å². The van der Waals surface area contributed by atoms with E-state index in [1.165, 1.54) is 11.8 Å². The van der Waals surface area contributed by atoms with Crippen molar-refractivity contribution in [2.75, 3.05) is 26.6 Å². The molecule has 0 aliphatic carbocycles. The van der Waals surface area contributed by atoms with E-state index in [4.69, 9.17) is 30.8 Å². The van der Waals surface area contributed by atoms with E-state index >= 15 is 0 Å². The summed E-state index contributed by atoms with van der Waals surface area (Å²) in [5.74, 6) is 0.926. The number of nitrogens with one attached hydrogen (secondary N) is 1. The molecule has 0 atom stereocenters. The summed E-state index contributed by atoms with van der Waals surface area (Å²) in [5, 5.41) is 4.59. The minimum absolute atomic E-state index is 0.567. The highest BCUT2D eigenvalue weighted by molar-refractivity contribution is 7.99. The van der Waals surface area contributed by atoms with Crippen LogP contribution in [-0.2, 0) is 9.47 Å². The number of hydrogen-bond acceptors (Lipinski definition) is 7. The topological polar surface area (TPSA) is 65.5 Å². The van der Waals surface area contributed by atoms with Gasteiger partial charge in [-0.15, -0.1) is 0 Å². The van der Waals surface area contributed by atoms with E-state index in [9.17, 15) is 0 Å². The number of methoxy groups -OCH3 is 3. The van der Waals surface area contributed by atoms with Gasteiger partial charge in [0.2, 0.25) is 5.91 Å². The quantitative estimate of drug-likeness (QED) is 0.381. The summed E-state index contributed by atoms with van der Waals surface area (Å²) in [5.41, 5.74) is 0.853. The van der Waals surface area contributed by atoms with Crippen LogP contribution in [0.25, 0.3) is 11.4 Å². The Balaban J connectivity index is 1.98. The number of hydrogen-bond donors (Lipinski definition) is 1. The fourth-order valence-corrected chi connectivity index (χ4v) is 3.39. The number of aromatic nitrogens is 2. The summed E-state index contributed by atoms with van der Waals surface area (Å²) < 4.78 is 16.0. The van der Waals surface area contributed by atoms with Crippen molar-refractivity contribution < 1.29 is 14.2 Å². The van der Waals surface area contributed by atoms with Gasteiger partial charge < -0.3 is 19.5 Å². The Hall–Kier alpha value is -2.32. The van der Waals surface area contributed by atoms with Crippen molar-refractivity contribution >= 4 is 29.2 Å². The van der Waals surface area contributed by atoms with Crippen molar-refractivity contribution in [3.05, 3.63) is 59.6 Å². The molecular formula is C21H22ClN3O3S. The first kappa shape index (κ1) is 21.4. The van der Waals surface area contributed by atoms with Crippen molar-refractivity contribution in [3.8, 4) is 17.1 Å². The molecule has 3 rings (SSSR count). The average molecular weight is 432 g/mol. The standard InChI is InChI=1S/C21H22ClN3O3S/c1-21(27-3,28-4)25-18-13-19(29-17-11-9-16(26-2)10-12-17)24-20(23-18)14-5-7-15(22)8-6-14/h5-13H,1-4H3,(H,23,24,25). The van der Waals surface area contributed by atoms with Crippen LogP contribution in [0.2, 0.25) is 5.02 Å². The summed E-state index contributed by atoms with van der Waals surface area (Å²) in [4.78, 5) is 10.4. The van der Waals surface area contributed by atoms with Gasteiger partial charge in [0.25, 0.3) is 0 Å². The first-order chi connectivity index (χ1) is 13.9. The van der Waals surface area contributed by atoms with Crippen LogP contribution in [0.1, 0.15) is 6.92 Å². The molecule has 0 radical (unpaired) electrons. The van der Waals surface area contributed by atoms with E-state index < -0.39 is 5.91 Å². The Morgan fingerprint density at radius 2 is 1.59 bits per heavy atom. The smallest absolute Gasteiger partial charge is 0.246 e. The van der Waals surface area contributed by atoms with Crippen LogP contribution in [0.5, 0.6) is 5.75 Å². The average Bonchev–Trinajstić information content (AvgIpc) is 2.74. The number of ether oxygens (including phenoxy) is 3. The lowest BCUT2D eigenvalue weighted by Crippen LogP contribution is -2.39. The van der Waals surface area contributed by atoms with Gasteiger partial charge in [-0.2, -0.15) is 0 Å². The van der Waals surface area contributed by atoms with E-state index in [0.29, 0.717) is 16.7 Å². The molecule has 0 unspecified atom stereocenters. The zero-order valence-electron chi connectivity index (χ0n) is 16.6. The Labute approximate surface area is 179 Å². The second kappa shape index (κ2) is 9.45. The zero-order valence-corrected chi connectivity index (χ0v) is 18.2. The Morgan fingerprint density at radius 3 is 2.17 bits per heavy atom. The van der Waals surface area contributed by atoms with Crippen molar-refractivity contribution in [3.63, 3.8) is 0 Å². The van der Waals surface area contributed by atoms with Gasteiger partial charge in [0.15, 0.2) is 5.82 Å². The van der Waals surface area contributed by atoms with Crippen LogP contribution >= 0.6 is 23.4 Å². The van der Waals surface area contributed by atoms with E-state index in [1.54, 1.807) is 28.3 Å². The zero-order chi connectivity index (χ0) is 20.9. The van der Waals surface area contributed by atoms with Gasteiger partial charge in [-0.1, -0.05) is 23.4 Å². The Kier molecular flexibility index (Phi) is 6.97. The van der Waals surface area contributed by atoms with Crippen molar-refractivity contribution in [2.24, 2.45) is 0 Å². The molecule has 0 bridgehead atoms. The summed E-state index contributed by atoms with van der Waals surface area (Å²) in [6, 6.07) is 17.0. The SMILES string of the molecule is COc1ccc(Sc2cc(NC(C)(OC)OC)nc(-c3ccc(Cl)cc3)n2)cc1. The Bertz CT molecular complexity index is 948. The molecule has 6 nitrogen and oxygen atoms in total. The summed E-state index contributed by atoms with van der Waals surface area (Å²) in [7, 11) is 4.77. The Morgan fingerprint density at radius 1 is 0.931 bits per heavy atom. The molecule has 1 aromatic heterocycles. The predicted octanol–water partition coefficient (Wildman–Crippen LogP) is 5.34. The highest BCUT2D eigenvalue weighted by atomic mass is 35.5. The lowest BCUT2D eigenvalue weighted by molar-refractivity contribution is -0.171. The maximum absolute atomic E-state index is 6.02. The molecule has 152 valence electrons. The van der Waals surface area contributed by atoms with Gasteiger partial charge >= 0.3 is 0 Å². The largest absolute Gasteiger partial charge is 0.497 e. The minimum Gasteiger partial charge on any atom is -0.497 e. The minimum atomic E-state index is -1.02. The maximum Gasteiger partial charge on any atom is 0.246 e. The molecule has 1 heterocycles. The second-order valence-corrected chi connectivity index (χ2v) is 7.71. The molecule has 3 aromatic rings. The van der Waals surface area contributed by atoms with Crippen LogP contribution in [0.4, 0.5) is 5.82 Å². The van der Waals surface area contributed by atoms with Crippen LogP contribution in [0, 0.1) is 0 Å². The lowest BCUT2D eigenvalue weighted by Gasteiger charge is -2.27. The molecule has 0 saturated carbocycles. The van der Waals surface area contributed by atoms with Crippen molar-refractivity contribution in [1.82, 2.24) is 9.97 Å². The van der Waals surface area contributed by atoms with Gasteiger partial charge in [0.05, 0.1) is 7.11 Å². The van der Waals surface area contributed by atoms with Crippen molar-refractivity contribution in [1.29, 1.82) is 0 Å². The van der Waals surface area contributed by atoms with Crippen LogP contribution in [0.15, 0.2) is 64.5 Å². The van der Waals surface area contributed by atoms with Gasteiger partial charge in [-0.3, -0.25) is 0 Å². The molecule has 2 aromatic carbocycles. The molecule has 0 aliphatic heterocycles. The highest BCUT2D eigenvalue weighted by Crippen LogP contribution is 2.31. The number of nitrogens with zero attached hydrogens (tertiary/aromatic N) is 2. The van der Waals surface area contributed by atoms with Crippen molar-refractivity contribution in [2.45, 2.75) is 22.8 Å². The molecule has 0 fully saturated rings. The van der Waals surface area contributed by atoms with E-state index in [1.807, 2.05) is 54.6 Å².